The van der Waals surface area contributed by atoms with Crippen molar-refractivity contribution >= 4 is 23.5 Å². The predicted molar refractivity (Wildman–Crippen MR) is 88.7 cm³/mol. The lowest BCUT2D eigenvalue weighted by molar-refractivity contribution is -0.142. The number of rotatable bonds is 4. The molecule has 1 aromatic carbocycles. The Kier molecular flexibility index (Phi) is 6.31. The lowest BCUT2D eigenvalue weighted by Gasteiger charge is -2.28. The maximum Gasteiger partial charge on any atom is 0.323 e. The summed E-state index contributed by atoms with van der Waals surface area (Å²) in [4.78, 5) is 33.4. The van der Waals surface area contributed by atoms with Crippen LogP contribution in [0.2, 0.25) is 0 Å². The fourth-order valence-corrected chi connectivity index (χ4v) is 2.99. The average Bonchev–Trinajstić information content (AvgIpc) is 2.60. The van der Waals surface area contributed by atoms with Gasteiger partial charge in [0.1, 0.15) is 0 Å². The quantitative estimate of drug-likeness (QED) is 0.254. The molecule has 0 aromatic heterocycles. The van der Waals surface area contributed by atoms with Gasteiger partial charge in [-0.3, -0.25) is 19.8 Å². The molecular weight excluding hydrogens is 310 g/mol. The second-order valence-corrected chi connectivity index (χ2v) is 6.07. The predicted octanol–water partition coefficient (Wildman–Crippen LogP) is 1.45. The van der Waals surface area contributed by atoms with Crippen LogP contribution in [0, 0.1) is 5.92 Å². The second kappa shape index (κ2) is 8.44. The van der Waals surface area contributed by atoms with Crippen molar-refractivity contribution < 1.29 is 19.1 Å². The maximum atomic E-state index is 11.4. The smallest absolute Gasteiger partial charge is 0.323 e. The van der Waals surface area contributed by atoms with Gasteiger partial charge >= 0.3 is 17.8 Å². The molecule has 1 saturated carbocycles. The van der Waals surface area contributed by atoms with E-state index < -0.39 is 11.8 Å². The van der Waals surface area contributed by atoms with Gasteiger partial charge in [-0.15, -0.1) is 0 Å². The molecule has 0 heterocycles. The first-order chi connectivity index (χ1) is 11.5. The second-order valence-electron chi connectivity index (χ2n) is 6.07. The number of carbonyl (C=O) groups is 3. The monoisotopic (exact) mass is 333 g/mol. The van der Waals surface area contributed by atoms with E-state index >= 15 is 0 Å². The first-order valence-electron chi connectivity index (χ1n) is 8.05. The van der Waals surface area contributed by atoms with Crippen LogP contribution in [0.5, 0.6) is 0 Å². The Morgan fingerprint density at radius 2 is 1.71 bits per heavy atom. The van der Waals surface area contributed by atoms with E-state index in [0.717, 1.165) is 25.7 Å². The van der Waals surface area contributed by atoms with Crippen LogP contribution in [0.15, 0.2) is 24.3 Å². The van der Waals surface area contributed by atoms with Crippen molar-refractivity contribution in [2.24, 2.45) is 11.8 Å². The minimum Gasteiger partial charge on any atom is -0.466 e. The summed E-state index contributed by atoms with van der Waals surface area (Å²) in [6, 6.07) is 7.49. The van der Waals surface area contributed by atoms with Crippen LogP contribution < -0.4 is 16.6 Å². The van der Waals surface area contributed by atoms with Gasteiger partial charge < -0.3 is 10.1 Å². The van der Waals surface area contributed by atoms with Crippen LogP contribution in [0.25, 0.3) is 0 Å². The molecule has 4 N–H and O–H groups in total. The van der Waals surface area contributed by atoms with Crippen molar-refractivity contribution in [2.45, 2.75) is 38.5 Å². The minimum absolute atomic E-state index is 0.224. The van der Waals surface area contributed by atoms with E-state index in [4.69, 9.17) is 10.6 Å². The van der Waals surface area contributed by atoms with Gasteiger partial charge in [-0.05, 0) is 55.2 Å². The third kappa shape index (κ3) is 5.06. The van der Waals surface area contributed by atoms with Crippen molar-refractivity contribution in [3.63, 3.8) is 0 Å². The molecular formula is C17H23N3O4. The molecule has 1 fully saturated rings. The summed E-state index contributed by atoms with van der Waals surface area (Å²) >= 11 is 0. The van der Waals surface area contributed by atoms with Crippen LogP contribution in [0.3, 0.4) is 0 Å². The Balaban J connectivity index is 1.85. The molecule has 0 spiro atoms. The zero-order valence-corrected chi connectivity index (χ0v) is 13.7. The SMILES string of the molecule is CC(=O)OCC1CCC(c2ccc(NC(=O)C(=O)NN)cc2)CC1. The summed E-state index contributed by atoms with van der Waals surface area (Å²) in [7, 11) is 0. The highest BCUT2D eigenvalue weighted by molar-refractivity contribution is 6.39. The molecule has 24 heavy (non-hydrogen) atoms. The fourth-order valence-electron chi connectivity index (χ4n) is 2.99. The molecule has 130 valence electrons. The van der Waals surface area contributed by atoms with Gasteiger partial charge in [-0.25, -0.2) is 5.84 Å². The Morgan fingerprint density at radius 3 is 2.25 bits per heavy atom. The van der Waals surface area contributed by atoms with Gasteiger partial charge in [-0.1, -0.05) is 12.1 Å². The van der Waals surface area contributed by atoms with Crippen LogP contribution in [-0.2, 0) is 19.1 Å². The van der Waals surface area contributed by atoms with Crippen molar-refractivity contribution in [1.82, 2.24) is 5.43 Å². The topological polar surface area (TPSA) is 111 Å². The van der Waals surface area contributed by atoms with Crippen LogP contribution in [-0.4, -0.2) is 24.4 Å². The number of nitrogens with two attached hydrogens (primary N) is 1. The highest BCUT2D eigenvalue weighted by Crippen LogP contribution is 2.36. The Labute approximate surface area is 140 Å². The van der Waals surface area contributed by atoms with Gasteiger partial charge in [0.05, 0.1) is 6.61 Å². The number of benzene rings is 1. The Bertz CT molecular complexity index is 592. The van der Waals surface area contributed by atoms with E-state index in [1.165, 1.54) is 12.5 Å². The van der Waals surface area contributed by atoms with E-state index in [2.05, 4.69) is 5.32 Å². The van der Waals surface area contributed by atoms with Crippen LogP contribution in [0.1, 0.15) is 44.1 Å². The normalized spacial score (nSPS) is 20.1. The third-order valence-corrected chi connectivity index (χ3v) is 4.35. The number of carbonyl (C=O) groups excluding carboxylic acids is 3. The number of hydrogen-bond acceptors (Lipinski definition) is 5. The van der Waals surface area contributed by atoms with E-state index in [1.807, 2.05) is 12.1 Å². The van der Waals surface area contributed by atoms with E-state index in [0.29, 0.717) is 24.1 Å². The largest absolute Gasteiger partial charge is 0.466 e. The Morgan fingerprint density at radius 1 is 1.08 bits per heavy atom. The van der Waals surface area contributed by atoms with Gasteiger partial charge in [0.2, 0.25) is 0 Å². The number of ether oxygens (including phenoxy) is 1. The van der Waals surface area contributed by atoms with Crippen molar-refractivity contribution in [3.8, 4) is 0 Å². The molecule has 0 saturated heterocycles. The molecule has 1 aliphatic carbocycles. The number of hydrazine groups is 1. The molecule has 1 aromatic rings. The zero-order valence-electron chi connectivity index (χ0n) is 13.7. The summed E-state index contributed by atoms with van der Waals surface area (Å²) in [6.07, 6.45) is 4.17. The van der Waals surface area contributed by atoms with Crippen molar-refractivity contribution in [1.29, 1.82) is 0 Å². The Hall–Kier alpha value is -2.41. The van der Waals surface area contributed by atoms with Crippen LogP contribution in [0.4, 0.5) is 5.69 Å². The first-order valence-corrected chi connectivity index (χ1v) is 8.05. The molecule has 2 rings (SSSR count). The molecule has 1 aliphatic rings. The summed E-state index contributed by atoms with van der Waals surface area (Å²) in [5.74, 6) is 3.92. The van der Waals surface area contributed by atoms with Gasteiger partial charge in [0.15, 0.2) is 0 Å². The number of amides is 2. The molecule has 7 heteroatoms. The third-order valence-electron chi connectivity index (χ3n) is 4.35. The van der Waals surface area contributed by atoms with Gasteiger partial charge in [-0.2, -0.15) is 0 Å². The number of hydrogen-bond donors (Lipinski definition) is 3. The highest BCUT2D eigenvalue weighted by atomic mass is 16.5. The molecule has 0 atom stereocenters. The summed E-state index contributed by atoms with van der Waals surface area (Å²) < 4.78 is 5.08. The summed E-state index contributed by atoms with van der Waals surface area (Å²) in [5, 5.41) is 2.48. The van der Waals surface area contributed by atoms with Gasteiger partial charge in [0, 0.05) is 12.6 Å². The molecule has 7 nitrogen and oxygen atoms in total. The highest BCUT2D eigenvalue weighted by Gasteiger charge is 2.23. The lowest BCUT2D eigenvalue weighted by Crippen LogP contribution is -2.39. The van der Waals surface area contributed by atoms with Crippen molar-refractivity contribution in [3.05, 3.63) is 29.8 Å². The summed E-state index contributed by atoms with van der Waals surface area (Å²) in [6.45, 7) is 1.94. The fraction of sp³-hybridized carbons (Fsp3) is 0.471. The summed E-state index contributed by atoms with van der Waals surface area (Å²) in [5.41, 5.74) is 3.55. The minimum atomic E-state index is -0.884. The number of anilines is 1. The molecule has 0 radical (unpaired) electrons. The van der Waals surface area contributed by atoms with Gasteiger partial charge in [0.25, 0.3) is 0 Å². The van der Waals surface area contributed by atoms with E-state index in [9.17, 15) is 14.4 Å². The maximum absolute atomic E-state index is 11.4. The molecule has 0 aliphatic heterocycles. The number of esters is 1. The standard InChI is InChI=1S/C17H23N3O4/c1-11(21)24-10-12-2-4-13(5-3-12)14-6-8-15(9-7-14)19-16(22)17(23)20-18/h6-9,12-13H,2-5,10,18H2,1H3,(H,19,22)(H,20,23). The molecule has 0 unspecified atom stereocenters. The zero-order chi connectivity index (χ0) is 17.5. The van der Waals surface area contributed by atoms with E-state index in [1.54, 1.807) is 17.6 Å². The van der Waals surface area contributed by atoms with E-state index in [-0.39, 0.29) is 5.97 Å². The van der Waals surface area contributed by atoms with Crippen molar-refractivity contribution in [2.75, 3.05) is 11.9 Å². The molecule has 2 amide bonds. The first kappa shape index (κ1) is 17.9. The average molecular weight is 333 g/mol. The lowest BCUT2D eigenvalue weighted by atomic mass is 9.79. The molecule has 0 bridgehead atoms. The van der Waals surface area contributed by atoms with Crippen LogP contribution >= 0.6 is 0 Å². The number of nitrogens with one attached hydrogen (secondary N) is 2.